The number of halogens is 4. The Morgan fingerprint density at radius 3 is 2.39 bits per heavy atom. The molecule has 3 aromatic rings. The molecule has 3 rings (SSSR count). The Labute approximate surface area is 192 Å². The van der Waals surface area contributed by atoms with Gasteiger partial charge in [-0.2, -0.15) is 13.2 Å². The van der Waals surface area contributed by atoms with E-state index in [0.29, 0.717) is 29.3 Å². The molecule has 0 aliphatic heterocycles. The van der Waals surface area contributed by atoms with E-state index in [1.807, 2.05) is 12.1 Å². The second kappa shape index (κ2) is 10.2. The highest BCUT2D eigenvalue weighted by Gasteiger charge is 2.36. The molecule has 1 N–H and O–H groups in total. The molecule has 0 aliphatic rings. The van der Waals surface area contributed by atoms with Crippen LogP contribution < -0.4 is 9.46 Å². The van der Waals surface area contributed by atoms with Gasteiger partial charge in [-0.3, -0.25) is 4.79 Å². The fraction of sp³-hybridized carbons (Fsp3) is 0.190. The fourth-order valence-electron chi connectivity index (χ4n) is 2.75. The number of carbonyl (C=O) groups is 1. The Morgan fingerprint density at radius 2 is 1.76 bits per heavy atom. The maximum atomic E-state index is 12.3. The Hall–Kier alpha value is -3.18. The van der Waals surface area contributed by atoms with Crippen LogP contribution in [-0.2, 0) is 16.4 Å². The van der Waals surface area contributed by atoms with E-state index in [0.717, 1.165) is 5.56 Å². The van der Waals surface area contributed by atoms with Gasteiger partial charge in [0.15, 0.2) is 5.75 Å². The molecule has 7 nitrogen and oxygen atoms in total. The quantitative estimate of drug-likeness (QED) is 0.502. The van der Waals surface area contributed by atoms with Gasteiger partial charge in [0.2, 0.25) is 15.9 Å². The molecule has 0 fully saturated rings. The SMILES string of the molecule is O=C(NS(=O)(=O)CC(F)(F)F)c1cccc(-c2ccc(OCCc3ccc(Cl)cc3)nn2)c1. The van der Waals surface area contributed by atoms with Gasteiger partial charge >= 0.3 is 6.18 Å². The summed E-state index contributed by atoms with van der Waals surface area (Å²) in [7, 11) is -4.88. The molecule has 0 saturated carbocycles. The number of hydrogen-bond donors (Lipinski definition) is 1. The van der Waals surface area contributed by atoms with E-state index >= 15 is 0 Å². The lowest BCUT2D eigenvalue weighted by Crippen LogP contribution is -2.37. The zero-order valence-electron chi connectivity index (χ0n) is 16.8. The number of nitrogens with zero attached hydrogens (tertiary/aromatic N) is 2. The van der Waals surface area contributed by atoms with Crippen LogP contribution in [0.1, 0.15) is 15.9 Å². The largest absolute Gasteiger partial charge is 0.476 e. The van der Waals surface area contributed by atoms with Crippen LogP contribution in [0, 0.1) is 0 Å². The van der Waals surface area contributed by atoms with Crippen molar-refractivity contribution < 1.29 is 31.1 Å². The van der Waals surface area contributed by atoms with Crippen LogP contribution in [0.5, 0.6) is 5.88 Å². The first-order chi connectivity index (χ1) is 15.5. The van der Waals surface area contributed by atoms with Crippen molar-refractivity contribution in [2.75, 3.05) is 12.4 Å². The van der Waals surface area contributed by atoms with Crippen molar-refractivity contribution in [2.24, 2.45) is 0 Å². The minimum Gasteiger partial charge on any atom is -0.476 e. The van der Waals surface area contributed by atoms with Gasteiger partial charge in [-0.25, -0.2) is 13.1 Å². The number of aromatic nitrogens is 2. The Kier molecular flexibility index (Phi) is 7.54. The highest BCUT2D eigenvalue weighted by atomic mass is 35.5. The van der Waals surface area contributed by atoms with Gasteiger partial charge < -0.3 is 4.74 Å². The minimum absolute atomic E-state index is 0.150. The highest BCUT2D eigenvalue weighted by Crippen LogP contribution is 2.20. The number of rotatable bonds is 8. The molecule has 0 aliphatic carbocycles. The lowest BCUT2D eigenvalue weighted by Gasteiger charge is -2.10. The summed E-state index contributed by atoms with van der Waals surface area (Å²) in [5.41, 5.74) is 1.66. The van der Waals surface area contributed by atoms with Crippen molar-refractivity contribution in [1.82, 2.24) is 14.9 Å². The number of ether oxygens (including phenoxy) is 1. The summed E-state index contributed by atoms with van der Waals surface area (Å²) in [5, 5.41) is 8.62. The van der Waals surface area contributed by atoms with Crippen LogP contribution >= 0.6 is 11.6 Å². The molecule has 0 saturated heterocycles. The monoisotopic (exact) mass is 499 g/mol. The number of nitrogens with one attached hydrogen (secondary N) is 1. The Morgan fingerprint density at radius 1 is 1.03 bits per heavy atom. The molecule has 0 spiro atoms. The standard InChI is InChI=1S/C21H17ClF3N3O4S/c22-17-6-4-14(5-7-17)10-11-32-19-9-8-18(26-27-19)15-2-1-3-16(12-15)20(29)28-33(30,31)13-21(23,24)25/h1-9,12H,10-11,13H2,(H,28,29). The van der Waals surface area contributed by atoms with E-state index in [1.54, 1.807) is 30.3 Å². The van der Waals surface area contributed by atoms with Crippen LogP contribution in [0.4, 0.5) is 13.2 Å². The first-order valence-electron chi connectivity index (χ1n) is 9.44. The van der Waals surface area contributed by atoms with Crippen LogP contribution in [0.25, 0.3) is 11.3 Å². The van der Waals surface area contributed by atoms with Crippen LogP contribution in [-0.4, -0.2) is 43.1 Å². The molecule has 1 heterocycles. The molecule has 2 aromatic carbocycles. The lowest BCUT2D eigenvalue weighted by molar-refractivity contribution is -0.106. The molecule has 1 aromatic heterocycles. The molecule has 0 bridgehead atoms. The molecule has 1 amide bonds. The number of carbonyl (C=O) groups excluding carboxylic acids is 1. The Balaban J connectivity index is 1.62. The predicted octanol–water partition coefficient (Wildman–Crippen LogP) is 4.04. The van der Waals surface area contributed by atoms with Crippen LogP contribution in [0.15, 0.2) is 60.7 Å². The minimum atomic E-state index is -4.97. The number of amides is 1. The summed E-state index contributed by atoms with van der Waals surface area (Å²) in [6.07, 6.45) is -4.34. The molecule has 174 valence electrons. The van der Waals surface area contributed by atoms with Crippen molar-refractivity contribution in [3.05, 3.63) is 76.8 Å². The number of hydrogen-bond acceptors (Lipinski definition) is 6. The van der Waals surface area contributed by atoms with Gasteiger partial charge in [-0.05, 0) is 35.9 Å². The molecule has 12 heteroatoms. The maximum Gasteiger partial charge on any atom is 0.404 e. The van der Waals surface area contributed by atoms with Gasteiger partial charge in [0.25, 0.3) is 5.91 Å². The summed E-state index contributed by atoms with van der Waals surface area (Å²) in [4.78, 5) is 12.1. The second-order valence-corrected chi connectivity index (χ2v) is 9.03. The molecule has 0 atom stereocenters. The van der Waals surface area contributed by atoms with E-state index in [-0.39, 0.29) is 11.4 Å². The second-order valence-electron chi connectivity index (χ2n) is 6.87. The highest BCUT2D eigenvalue weighted by molar-refractivity contribution is 7.90. The molecule has 0 radical (unpaired) electrons. The summed E-state index contributed by atoms with van der Waals surface area (Å²) in [6, 6.07) is 16.1. The van der Waals surface area contributed by atoms with E-state index in [1.165, 1.54) is 22.9 Å². The summed E-state index contributed by atoms with van der Waals surface area (Å²) in [5.74, 6) is -3.06. The lowest BCUT2D eigenvalue weighted by atomic mass is 10.1. The van der Waals surface area contributed by atoms with Crippen molar-refractivity contribution in [3.63, 3.8) is 0 Å². The zero-order chi connectivity index (χ0) is 24.1. The van der Waals surface area contributed by atoms with Crippen molar-refractivity contribution in [1.29, 1.82) is 0 Å². The third-order valence-electron chi connectivity index (χ3n) is 4.22. The van der Waals surface area contributed by atoms with E-state index in [2.05, 4.69) is 10.2 Å². The van der Waals surface area contributed by atoms with E-state index in [9.17, 15) is 26.4 Å². The smallest absolute Gasteiger partial charge is 0.404 e. The van der Waals surface area contributed by atoms with E-state index in [4.69, 9.17) is 16.3 Å². The van der Waals surface area contributed by atoms with Gasteiger partial charge in [0.05, 0.1) is 12.3 Å². The summed E-state index contributed by atoms with van der Waals surface area (Å²) < 4.78 is 67.0. The molecular formula is C21H17ClF3N3O4S. The summed E-state index contributed by atoms with van der Waals surface area (Å²) >= 11 is 5.85. The van der Waals surface area contributed by atoms with E-state index < -0.39 is 27.9 Å². The molecule has 0 unspecified atom stereocenters. The van der Waals surface area contributed by atoms with Crippen molar-refractivity contribution in [2.45, 2.75) is 12.6 Å². The first-order valence-corrected chi connectivity index (χ1v) is 11.5. The number of sulfonamides is 1. The number of benzene rings is 2. The Bertz CT molecular complexity index is 1220. The normalized spacial score (nSPS) is 11.8. The zero-order valence-corrected chi connectivity index (χ0v) is 18.4. The average Bonchev–Trinajstić information content (AvgIpc) is 2.74. The molecular weight excluding hydrogens is 483 g/mol. The van der Waals surface area contributed by atoms with Crippen LogP contribution in [0.2, 0.25) is 5.02 Å². The maximum absolute atomic E-state index is 12.3. The van der Waals surface area contributed by atoms with Gasteiger partial charge in [0, 0.05) is 28.6 Å². The summed E-state index contributed by atoms with van der Waals surface area (Å²) in [6.45, 7) is 0.359. The third-order valence-corrected chi connectivity index (χ3v) is 5.67. The van der Waals surface area contributed by atoms with Crippen LogP contribution in [0.3, 0.4) is 0 Å². The molecule has 33 heavy (non-hydrogen) atoms. The van der Waals surface area contributed by atoms with Gasteiger partial charge in [0.1, 0.15) is 0 Å². The van der Waals surface area contributed by atoms with Gasteiger partial charge in [-0.15, -0.1) is 10.2 Å². The fourth-order valence-corrected chi connectivity index (χ4v) is 3.78. The first kappa shape index (κ1) is 24.5. The predicted molar refractivity (Wildman–Crippen MR) is 115 cm³/mol. The van der Waals surface area contributed by atoms with Crippen molar-refractivity contribution in [3.8, 4) is 17.1 Å². The van der Waals surface area contributed by atoms with Crippen molar-refractivity contribution >= 4 is 27.5 Å². The third kappa shape index (κ3) is 7.72. The number of alkyl halides is 3. The van der Waals surface area contributed by atoms with Gasteiger partial charge in [-0.1, -0.05) is 35.9 Å². The average molecular weight is 500 g/mol. The topological polar surface area (TPSA) is 98.2 Å².